The Morgan fingerprint density at radius 2 is 2.35 bits per heavy atom. The van der Waals surface area contributed by atoms with E-state index in [0.717, 1.165) is 16.4 Å². The fourth-order valence-corrected chi connectivity index (χ4v) is 2.22. The molecule has 3 nitrogen and oxygen atoms in total. The number of benzene rings is 1. The van der Waals surface area contributed by atoms with Crippen molar-refractivity contribution >= 4 is 28.6 Å². The van der Waals surface area contributed by atoms with Gasteiger partial charge in [0.25, 0.3) is 0 Å². The number of nitriles is 1. The number of rotatable bonds is 3. The maximum absolute atomic E-state index is 8.96. The van der Waals surface area contributed by atoms with Crippen LogP contribution in [-0.4, -0.2) is 4.98 Å². The van der Waals surface area contributed by atoms with Crippen molar-refractivity contribution in [1.82, 2.24) is 4.98 Å². The molecule has 17 heavy (non-hydrogen) atoms. The van der Waals surface area contributed by atoms with Gasteiger partial charge in [-0.15, -0.1) is 11.3 Å². The van der Waals surface area contributed by atoms with E-state index in [4.69, 9.17) is 16.9 Å². The number of thiazole rings is 1. The van der Waals surface area contributed by atoms with Crippen molar-refractivity contribution in [2.45, 2.75) is 13.5 Å². The lowest BCUT2D eigenvalue weighted by Crippen LogP contribution is -2.01. The van der Waals surface area contributed by atoms with Gasteiger partial charge in [-0.1, -0.05) is 11.6 Å². The van der Waals surface area contributed by atoms with E-state index in [2.05, 4.69) is 16.4 Å². The summed E-state index contributed by atoms with van der Waals surface area (Å²) in [6.45, 7) is 2.56. The Morgan fingerprint density at radius 3 is 3.00 bits per heavy atom. The molecule has 0 unspecified atom stereocenters. The SMILES string of the molecule is Cc1nc(CNc2cc(Cl)ccc2C#N)cs1. The molecule has 1 heterocycles. The fraction of sp³-hybridized carbons (Fsp3) is 0.167. The summed E-state index contributed by atoms with van der Waals surface area (Å²) in [5.74, 6) is 0. The second-order valence-electron chi connectivity index (χ2n) is 3.51. The molecular weight excluding hydrogens is 254 g/mol. The number of anilines is 1. The first-order valence-electron chi connectivity index (χ1n) is 5.03. The monoisotopic (exact) mass is 263 g/mol. The van der Waals surface area contributed by atoms with Crippen LogP contribution in [0.15, 0.2) is 23.6 Å². The minimum atomic E-state index is 0.585. The van der Waals surface area contributed by atoms with Crippen LogP contribution >= 0.6 is 22.9 Å². The molecule has 2 aromatic rings. The van der Waals surface area contributed by atoms with E-state index >= 15 is 0 Å². The van der Waals surface area contributed by atoms with Crippen LogP contribution < -0.4 is 5.32 Å². The second kappa shape index (κ2) is 5.17. The molecule has 0 spiro atoms. The molecule has 0 fully saturated rings. The summed E-state index contributed by atoms with van der Waals surface area (Å²) >= 11 is 7.51. The van der Waals surface area contributed by atoms with E-state index in [1.165, 1.54) is 0 Å². The molecule has 1 aromatic heterocycles. The predicted molar refractivity (Wildman–Crippen MR) is 70.3 cm³/mol. The molecule has 0 radical (unpaired) electrons. The average Bonchev–Trinajstić information content (AvgIpc) is 2.73. The van der Waals surface area contributed by atoms with E-state index in [-0.39, 0.29) is 0 Å². The highest BCUT2D eigenvalue weighted by Crippen LogP contribution is 2.21. The van der Waals surface area contributed by atoms with Gasteiger partial charge in [-0.3, -0.25) is 0 Å². The smallest absolute Gasteiger partial charge is 0.101 e. The molecule has 86 valence electrons. The molecular formula is C12H10ClN3S. The van der Waals surface area contributed by atoms with Crippen LogP contribution in [0.5, 0.6) is 0 Å². The standard InChI is InChI=1S/C12H10ClN3S/c1-8-16-11(7-17-8)6-15-12-4-10(13)3-2-9(12)5-14/h2-4,7,15H,6H2,1H3. The molecule has 0 amide bonds. The van der Waals surface area contributed by atoms with Crippen molar-refractivity contribution in [3.63, 3.8) is 0 Å². The molecule has 1 N–H and O–H groups in total. The Balaban J connectivity index is 2.13. The number of hydrogen-bond donors (Lipinski definition) is 1. The van der Waals surface area contributed by atoms with E-state index in [9.17, 15) is 0 Å². The van der Waals surface area contributed by atoms with Crippen molar-refractivity contribution in [3.05, 3.63) is 44.9 Å². The third-order valence-corrected chi connectivity index (χ3v) is 3.29. The Morgan fingerprint density at radius 1 is 1.53 bits per heavy atom. The van der Waals surface area contributed by atoms with Crippen LogP contribution in [0.2, 0.25) is 5.02 Å². The lowest BCUT2D eigenvalue weighted by atomic mass is 10.2. The molecule has 0 bridgehead atoms. The normalized spacial score (nSPS) is 9.94. The number of aromatic nitrogens is 1. The van der Waals surface area contributed by atoms with Crippen LogP contribution in [-0.2, 0) is 6.54 Å². The van der Waals surface area contributed by atoms with Gasteiger partial charge >= 0.3 is 0 Å². The third kappa shape index (κ3) is 2.96. The van der Waals surface area contributed by atoms with Gasteiger partial charge in [-0.05, 0) is 25.1 Å². The number of aryl methyl sites for hydroxylation is 1. The number of nitrogens with zero attached hydrogens (tertiary/aromatic N) is 2. The van der Waals surface area contributed by atoms with Crippen LogP contribution in [0.3, 0.4) is 0 Å². The highest BCUT2D eigenvalue weighted by atomic mass is 35.5. The fourth-order valence-electron chi connectivity index (χ4n) is 1.44. The lowest BCUT2D eigenvalue weighted by molar-refractivity contribution is 1.05. The molecule has 5 heteroatoms. The molecule has 0 atom stereocenters. The lowest BCUT2D eigenvalue weighted by Gasteiger charge is -2.06. The molecule has 0 aliphatic rings. The van der Waals surface area contributed by atoms with Gasteiger partial charge in [0.05, 0.1) is 28.5 Å². The summed E-state index contributed by atoms with van der Waals surface area (Å²) in [5.41, 5.74) is 2.29. The summed E-state index contributed by atoms with van der Waals surface area (Å²) in [4.78, 5) is 4.34. The van der Waals surface area contributed by atoms with Crippen molar-refractivity contribution < 1.29 is 0 Å². The summed E-state index contributed by atoms with van der Waals surface area (Å²) in [6, 6.07) is 7.29. The summed E-state index contributed by atoms with van der Waals surface area (Å²) in [6.07, 6.45) is 0. The second-order valence-corrected chi connectivity index (χ2v) is 5.01. The predicted octanol–water partition coefficient (Wildman–Crippen LogP) is 3.59. The Bertz CT molecular complexity index is 571. The van der Waals surface area contributed by atoms with Crippen molar-refractivity contribution in [1.29, 1.82) is 5.26 Å². The quantitative estimate of drug-likeness (QED) is 0.921. The van der Waals surface area contributed by atoms with Crippen LogP contribution in [0.4, 0.5) is 5.69 Å². The van der Waals surface area contributed by atoms with E-state index < -0.39 is 0 Å². The van der Waals surface area contributed by atoms with Gasteiger partial charge in [-0.25, -0.2) is 4.98 Å². The zero-order valence-corrected chi connectivity index (χ0v) is 10.8. The van der Waals surface area contributed by atoms with Crippen molar-refractivity contribution in [2.75, 3.05) is 5.32 Å². The van der Waals surface area contributed by atoms with Crippen LogP contribution in [0.1, 0.15) is 16.3 Å². The molecule has 0 aliphatic carbocycles. The maximum Gasteiger partial charge on any atom is 0.101 e. The number of halogens is 1. The molecule has 0 aliphatic heterocycles. The van der Waals surface area contributed by atoms with Crippen LogP contribution in [0, 0.1) is 18.3 Å². The Kier molecular flexibility index (Phi) is 3.62. The number of hydrogen-bond acceptors (Lipinski definition) is 4. The number of nitrogens with one attached hydrogen (secondary N) is 1. The van der Waals surface area contributed by atoms with E-state index in [0.29, 0.717) is 17.1 Å². The zero-order valence-electron chi connectivity index (χ0n) is 9.20. The summed E-state index contributed by atoms with van der Waals surface area (Å²) in [7, 11) is 0. The highest BCUT2D eigenvalue weighted by Gasteiger charge is 2.04. The first-order valence-corrected chi connectivity index (χ1v) is 6.29. The van der Waals surface area contributed by atoms with Crippen molar-refractivity contribution in [2.24, 2.45) is 0 Å². The minimum absolute atomic E-state index is 0.585. The molecule has 1 aromatic carbocycles. The third-order valence-electron chi connectivity index (χ3n) is 2.23. The molecule has 0 saturated carbocycles. The van der Waals surface area contributed by atoms with Gasteiger partial charge in [0, 0.05) is 10.4 Å². The molecule has 2 rings (SSSR count). The minimum Gasteiger partial charge on any atom is -0.378 e. The Hall–Kier alpha value is -1.57. The van der Waals surface area contributed by atoms with E-state index in [1.54, 1.807) is 29.5 Å². The largest absolute Gasteiger partial charge is 0.378 e. The van der Waals surface area contributed by atoms with Gasteiger partial charge in [0.2, 0.25) is 0 Å². The van der Waals surface area contributed by atoms with Gasteiger partial charge in [0.15, 0.2) is 0 Å². The summed E-state index contributed by atoms with van der Waals surface area (Å²) in [5, 5.41) is 15.8. The van der Waals surface area contributed by atoms with Crippen LogP contribution in [0.25, 0.3) is 0 Å². The first-order chi connectivity index (χ1) is 8.19. The molecule has 0 saturated heterocycles. The summed E-state index contributed by atoms with van der Waals surface area (Å²) < 4.78 is 0. The zero-order chi connectivity index (χ0) is 12.3. The average molecular weight is 264 g/mol. The van der Waals surface area contributed by atoms with Gasteiger partial charge < -0.3 is 5.32 Å². The Labute approximate surface area is 109 Å². The van der Waals surface area contributed by atoms with E-state index in [1.807, 2.05) is 12.3 Å². The maximum atomic E-state index is 8.96. The highest BCUT2D eigenvalue weighted by molar-refractivity contribution is 7.09. The van der Waals surface area contributed by atoms with Gasteiger partial charge in [0.1, 0.15) is 6.07 Å². The van der Waals surface area contributed by atoms with Gasteiger partial charge in [-0.2, -0.15) is 5.26 Å². The first kappa shape index (κ1) is 11.9. The van der Waals surface area contributed by atoms with Crippen molar-refractivity contribution in [3.8, 4) is 6.07 Å². The topological polar surface area (TPSA) is 48.7 Å².